The SMILES string of the molecule is Cc1ccc(OCCCCn2c(C=O)nc3ccccc32)cc1C. The summed E-state index contributed by atoms with van der Waals surface area (Å²) in [5.74, 6) is 1.41. The van der Waals surface area contributed by atoms with Crippen molar-refractivity contribution in [3.05, 3.63) is 59.4 Å². The molecule has 0 saturated heterocycles. The molecule has 0 spiro atoms. The van der Waals surface area contributed by atoms with Crippen LogP contribution in [0.15, 0.2) is 42.5 Å². The molecule has 0 unspecified atom stereocenters. The summed E-state index contributed by atoms with van der Waals surface area (Å²) < 4.78 is 7.80. The Balaban J connectivity index is 1.55. The highest BCUT2D eigenvalue weighted by Crippen LogP contribution is 2.18. The fourth-order valence-corrected chi connectivity index (χ4v) is 2.78. The number of fused-ring (bicyclic) bond motifs is 1. The van der Waals surface area contributed by atoms with Crippen molar-refractivity contribution < 1.29 is 9.53 Å². The number of benzene rings is 2. The maximum Gasteiger partial charge on any atom is 0.185 e. The molecule has 0 atom stereocenters. The van der Waals surface area contributed by atoms with Gasteiger partial charge in [0.05, 0.1) is 17.6 Å². The van der Waals surface area contributed by atoms with Crippen LogP contribution >= 0.6 is 0 Å². The Morgan fingerprint density at radius 3 is 2.71 bits per heavy atom. The Morgan fingerprint density at radius 1 is 1.08 bits per heavy atom. The van der Waals surface area contributed by atoms with E-state index in [4.69, 9.17) is 4.74 Å². The average Bonchev–Trinajstić information content (AvgIpc) is 2.95. The molecular formula is C20H22N2O2. The molecule has 0 amide bonds. The summed E-state index contributed by atoms with van der Waals surface area (Å²) in [6, 6.07) is 14.0. The third kappa shape index (κ3) is 3.48. The monoisotopic (exact) mass is 322 g/mol. The van der Waals surface area contributed by atoms with Gasteiger partial charge in [-0.3, -0.25) is 4.79 Å². The Morgan fingerprint density at radius 2 is 1.92 bits per heavy atom. The summed E-state index contributed by atoms with van der Waals surface area (Å²) in [5, 5.41) is 0. The molecule has 0 saturated carbocycles. The molecule has 1 heterocycles. The quantitative estimate of drug-likeness (QED) is 0.480. The number of aromatic nitrogens is 2. The largest absolute Gasteiger partial charge is 0.494 e. The lowest BCUT2D eigenvalue weighted by molar-refractivity contribution is 0.111. The van der Waals surface area contributed by atoms with Crippen LogP contribution in [0.1, 0.15) is 34.6 Å². The topological polar surface area (TPSA) is 44.1 Å². The smallest absolute Gasteiger partial charge is 0.185 e. The molecular weight excluding hydrogens is 300 g/mol. The summed E-state index contributed by atoms with van der Waals surface area (Å²) in [5.41, 5.74) is 4.39. The molecule has 1 aromatic heterocycles. The predicted octanol–water partition coefficient (Wildman–Crippen LogP) is 4.32. The third-order valence-corrected chi connectivity index (χ3v) is 4.31. The van der Waals surface area contributed by atoms with Gasteiger partial charge in [-0.15, -0.1) is 0 Å². The summed E-state index contributed by atoms with van der Waals surface area (Å²) in [4.78, 5) is 15.6. The molecule has 3 aromatic rings. The minimum atomic E-state index is 0.492. The number of aryl methyl sites for hydroxylation is 3. The number of hydrogen-bond acceptors (Lipinski definition) is 3. The second-order valence-corrected chi connectivity index (χ2v) is 6.03. The van der Waals surface area contributed by atoms with Crippen LogP contribution in [-0.4, -0.2) is 22.4 Å². The third-order valence-electron chi connectivity index (χ3n) is 4.31. The van der Waals surface area contributed by atoms with Crippen molar-refractivity contribution in [1.29, 1.82) is 0 Å². The minimum Gasteiger partial charge on any atom is -0.494 e. The van der Waals surface area contributed by atoms with Crippen LogP contribution in [0.25, 0.3) is 11.0 Å². The average molecular weight is 322 g/mol. The number of carbonyl (C=O) groups is 1. The summed E-state index contributed by atoms with van der Waals surface area (Å²) in [6.07, 6.45) is 2.69. The highest BCUT2D eigenvalue weighted by Gasteiger charge is 2.08. The van der Waals surface area contributed by atoms with Crippen molar-refractivity contribution in [1.82, 2.24) is 9.55 Å². The minimum absolute atomic E-state index is 0.492. The maximum absolute atomic E-state index is 11.2. The van der Waals surface area contributed by atoms with Crippen LogP contribution in [0, 0.1) is 13.8 Å². The second-order valence-electron chi connectivity index (χ2n) is 6.03. The van der Waals surface area contributed by atoms with Crippen LogP contribution in [0.4, 0.5) is 0 Å². The standard InChI is InChI=1S/C20H22N2O2/c1-15-9-10-17(13-16(15)2)24-12-6-5-11-22-19-8-4-3-7-18(19)21-20(22)14-23/h3-4,7-10,13-14H,5-6,11-12H2,1-2H3. The highest BCUT2D eigenvalue weighted by atomic mass is 16.5. The molecule has 0 aliphatic heterocycles. The van der Waals surface area contributed by atoms with Crippen molar-refractivity contribution >= 4 is 17.3 Å². The van der Waals surface area contributed by atoms with E-state index >= 15 is 0 Å². The van der Waals surface area contributed by atoms with Gasteiger partial charge in [0.15, 0.2) is 12.1 Å². The van der Waals surface area contributed by atoms with Crippen molar-refractivity contribution in [2.45, 2.75) is 33.2 Å². The molecule has 0 aliphatic carbocycles. The molecule has 2 aromatic carbocycles. The fraction of sp³-hybridized carbons (Fsp3) is 0.300. The van der Waals surface area contributed by atoms with Crippen LogP contribution in [0.5, 0.6) is 5.75 Å². The first-order valence-corrected chi connectivity index (χ1v) is 8.29. The lowest BCUT2D eigenvalue weighted by Gasteiger charge is -2.09. The Hall–Kier alpha value is -2.62. The van der Waals surface area contributed by atoms with Crippen LogP contribution in [-0.2, 0) is 6.54 Å². The van der Waals surface area contributed by atoms with E-state index in [-0.39, 0.29) is 0 Å². The highest BCUT2D eigenvalue weighted by molar-refractivity contribution is 5.82. The van der Waals surface area contributed by atoms with Crippen LogP contribution in [0.2, 0.25) is 0 Å². The zero-order valence-electron chi connectivity index (χ0n) is 14.2. The van der Waals surface area contributed by atoms with Gasteiger partial charge in [0, 0.05) is 6.54 Å². The second kappa shape index (κ2) is 7.30. The van der Waals surface area contributed by atoms with Crippen molar-refractivity contribution in [3.63, 3.8) is 0 Å². The first-order chi connectivity index (χ1) is 11.7. The summed E-state index contributed by atoms with van der Waals surface area (Å²) >= 11 is 0. The number of unbranched alkanes of at least 4 members (excludes halogenated alkanes) is 1. The molecule has 0 N–H and O–H groups in total. The number of ether oxygens (including phenoxy) is 1. The van der Waals surface area contributed by atoms with Gasteiger partial charge in [-0.2, -0.15) is 0 Å². The lowest BCUT2D eigenvalue weighted by Crippen LogP contribution is -2.05. The van der Waals surface area contributed by atoms with Crippen molar-refractivity contribution in [3.8, 4) is 5.75 Å². The lowest BCUT2D eigenvalue weighted by atomic mass is 10.1. The molecule has 0 bridgehead atoms. The number of nitrogens with zero attached hydrogens (tertiary/aromatic N) is 2. The number of aldehydes is 1. The molecule has 4 nitrogen and oxygen atoms in total. The first kappa shape index (κ1) is 16.2. The van der Waals surface area contributed by atoms with E-state index in [1.807, 2.05) is 34.9 Å². The van der Waals surface area contributed by atoms with E-state index in [1.54, 1.807) is 0 Å². The van der Waals surface area contributed by atoms with E-state index < -0.39 is 0 Å². The number of para-hydroxylation sites is 2. The van der Waals surface area contributed by atoms with Gasteiger partial charge >= 0.3 is 0 Å². The molecule has 0 aliphatic rings. The molecule has 4 heteroatoms. The normalized spacial score (nSPS) is 10.9. The number of rotatable bonds is 7. The van der Waals surface area contributed by atoms with Crippen molar-refractivity contribution in [2.75, 3.05) is 6.61 Å². The van der Waals surface area contributed by atoms with Gasteiger partial charge in [-0.05, 0) is 62.1 Å². The van der Waals surface area contributed by atoms with Crippen LogP contribution < -0.4 is 4.74 Å². The molecule has 24 heavy (non-hydrogen) atoms. The molecule has 3 rings (SSSR count). The van der Waals surface area contributed by atoms with E-state index in [2.05, 4.69) is 31.0 Å². The zero-order valence-corrected chi connectivity index (χ0v) is 14.2. The zero-order chi connectivity index (χ0) is 16.9. The molecule has 0 fully saturated rings. The Kier molecular flexibility index (Phi) is 4.94. The van der Waals surface area contributed by atoms with Gasteiger partial charge in [0.1, 0.15) is 5.75 Å². The van der Waals surface area contributed by atoms with Gasteiger partial charge in [-0.1, -0.05) is 18.2 Å². The number of carbonyl (C=O) groups excluding carboxylic acids is 1. The maximum atomic E-state index is 11.2. The summed E-state index contributed by atoms with van der Waals surface area (Å²) in [6.45, 7) is 5.63. The summed E-state index contributed by atoms with van der Waals surface area (Å²) in [7, 11) is 0. The number of hydrogen-bond donors (Lipinski definition) is 0. The van der Waals surface area contributed by atoms with Gasteiger partial charge in [0.2, 0.25) is 0 Å². The predicted molar refractivity (Wildman–Crippen MR) is 95.8 cm³/mol. The molecule has 0 radical (unpaired) electrons. The Labute approximate surface area is 142 Å². The van der Waals surface area contributed by atoms with Crippen LogP contribution in [0.3, 0.4) is 0 Å². The van der Waals surface area contributed by atoms with Gasteiger partial charge in [-0.25, -0.2) is 4.98 Å². The molecule has 124 valence electrons. The van der Waals surface area contributed by atoms with Crippen molar-refractivity contribution in [2.24, 2.45) is 0 Å². The van der Waals surface area contributed by atoms with E-state index in [0.29, 0.717) is 12.4 Å². The fourth-order valence-electron chi connectivity index (χ4n) is 2.78. The first-order valence-electron chi connectivity index (χ1n) is 8.29. The number of imidazole rings is 1. The van der Waals surface area contributed by atoms with E-state index in [1.165, 1.54) is 11.1 Å². The van der Waals surface area contributed by atoms with E-state index in [9.17, 15) is 4.79 Å². The Bertz CT molecular complexity index is 852. The van der Waals surface area contributed by atoms with Gasteiger partial charge < -0.3 is 9.30 Å². The van der Waals surface area contributed by atoms with Gasteiger partial charge in [0.25, 0.3) is 0 Å². The van der Waals surface area contributed by atoms with E-state index in [0.717, 1.165) is 42.5 Å².